The van der Waals surface area contributed by atoms with Gasteiger partial charge in [-0.05, 0) is 84.6 Å². The highest BCUT2D eigenvalue weighted by atomic mass is 16.2. The second-order valence-corrected chi connectivity index (χ2v) is 9.14. The standard InChI is InChI=1S/C22H40N4O2/c1-3-9-20(27)26-15-8-5-10-19(26)21(28)23-18-22(11-16-24(2)17-12-22)25-13-6-4-7-14-25/h19H,3-18H2,1-2H3,(H,23,28)/t19-/m1/s1. The zero-order valence-electron chi connectivity index (χ0n) is 18.0. The van der Waals surface area contributed by atoms with E-state index in [4.69, 9.17) is 0 Å². The van der Waals surface area contributed by atoms with Crippen LogP contribution in [0, 0.1) is 0 Å². The zero-order valence-corrected chi connectivity index (χ0v) is 18.0. The minimum absolute atomic E-state index is 0.0689. The van der Waals surface area contributed by atoms with E-state index in [0.717, 1.165) is 77.8 Å². The van der Waals surface area contributed by atoms with Crippen molar-refractivity contribution in [2.24, 2.45) is 0 Å². The molecule has 0 bridgehead atoms. The van der Waals surface area contributed by atoms with Gasteiger partial charge in [-0.25, -0.2) is 0 Å². The van der Waals surface area contributed by atoms with Gasteiger partial charge < -0.3 is 15.1 Å². The van der Waals surface area contributed by atoms with Crippen molar-refractivity contribution >= 4 is 11.8 Å². The summed E-state index contributed by atoms with van der Waals surface area (Å²) < 4.78 is 0. The molecule has 3 aliphatic heterocycles. The number of likely N-dealkylation sites (tertiary alicyclic amines) is 3. The van der Waals surface area contributed by atoms with Gasteiger partial charge in [-0.3, -0.25) is 14.5 Å². The second-order valence-electron chi connectivity index (χ2n) is 9.14. The normalized spacial score (nSPS) is 26.8. The molecule has 0 saturated carbocycles. The molecule has 28 heavy (non-hydrogen) atoms. The van der Waals surface area contributed by atoms with Crippen molar-refractivity contribution in [2.45, 2.75) is 82.7 Å². The summed E-state index contributed by atoms with van der Waals surface area (Å²) in [7, 11) is 2.19. The van der Waals surface area contributed by atoms with Crippen LogP contribution >= 0.6 is 0 Å². The number of carbonyl (C=O) groups is 2. The average Bonchev–Trinajstić information content (AvgIpc) is 2.74. The Bertz CT molecular complexity index is 525. The smallest absolute Gasteiger partial charge is 0.242 e. The molecule has 1 N–H and O–H groups in total. The lowest BCUT2D eigenvalue weighted by Crippen LogP contribution is -2.62. The first-order valence-corrected chi connectivity index (χ1v) is 11.6. The van der Waals surface area contributed by atoms with Gasteiger partial charge in [-0.1, -0.05) is 13.3 Å². The molecule has 3 aliphatic rings. The zero-order chi connectivity index (χ0) is 20.0. The maximum Gasteiger partial charge on any atom is 0.242 e. The topological polar surface area (TPSA) is 55.9 Å². The van der Waals surface area contributed by atoms with Gasteiger partial charge in [0, 0.05) is 25.0 Å². The predicted octanol–water partition coefficient (Wildman–Crippen LogP) is 2.23. The summed E-state index contributed by atoms with van der Waals surface area (Å²) in [6.45, 7) is 7.99. The van der Waals surface area contributed by atoms with Crippen LogP contribution < -0.4 is 5.32 Å². The van der Waals surface area contributed by atoms with E-state index in [1.165, 1.54) is 19.3 Å². The summed E-state index contributed by atoms with van der Waals surface area (Å²) in [4.78, 5) is 32.5. The van der Waals surface area contributed by atoms with E-state index < -0.39 is 0 Å². The quantitative estimate of drug-likeness (QED) is 0.753. The Hall–Kier alpha value is -1.14. The summed E-state index contributed by atoms with van der Waals surface area (Å²) in [5.74, 6) is 0.215. The minimum Gasteiger partial charge on any atom is -0.352 e. The molecule has 160 valence electrons. The van der Waals surface area contributed by atoms with Gasteiger partial charge in [0.1, 0.15) is 6.04 Å². The van der Waals surface area contributed by atoms with Crippen LogP contribution in [0.2, 0.25) is 0 Å². The Kier molecular flexibility index (Phi) is 7.75. The third-order valence-electron chi connectivity index (χ3n) is 7.13. The highest BCUT2D eigenvalue weighted by Crippen LogP contribution is 2.31. The SMILES string of the molecule is CCCC(=O)N1CCCC[C@@H]1C(=O)NCC1(N2CCCCC2)CCN(C)CC1. The summed E-state index contributed by atoms with van der Waals surface area (Å²) in [6, 6.07) is -0.266. The molecule has 0 spiro atoms. The summed E-state index contributed by atoms with van der Waals surface area (Å²) in [6.07, 6.45) is 10.4. The first-order valence-electron chi connectivity index (χ1n) is 11.6. The molecule has 0 aromatic rings. The van der Waals surface area contributed by atoms with Gasteiger partial charge in [-0.15, -0.1) is 0 Å². The molecule has 3 saturated heterocycles. The molecule has 3 heterocycles. The Balaban J connectivity index is 1.64. The lowest BCUT2D eigenvalue weighted by molar-refractivity contribution is -0.142. The maximum absolute atomic E-state index is 13.1. The van der Waals surface area contributed by atoms with Gasteiger partial charge >= 0.3 is 0 Å². The Morgan fingerprint density at radius 3 is 2.32 bits per heavy atom. The lowest BCUT2D eigenvalue weighted by Gasteiger charge is -2.50. The van der Waals surface area contributed by atoms with Crippen LogP contribution in [-0.2, 0) is 9.59 Å². The number of hydrogen-bond acceptors (Lipinski definition) is 4. The molecule has 0 unspecified atom stereocenters. The van der Waals surface area contributed by atoms with Crippen LogP contribution in [0.5, 0.6) is 0 Å². The molecule has 3 fully saturated rings. The molecular weight excluding hydrogens is 352 g/mol. The summed E-state index contributed by atoms with van der Waals surface area (Å²) in [5.41, 5.74) is 0.0928. The van der Waals surface area contributed by atoms with Crippen LogP contribution in [0.4, 0.5) is 0 Å². The van der Waals surface area contributed by atoms with Crippen molar-refractivity contribution in [3.63, 3.8) is 0 Å². The van der Waals surface area contributed by atoms with E-state index in [-0.39, 0.29) is 23.4 Å². The van der Waals surface area contributed by atoms with Crippen molar-refractivity contribution in [2.75, 3.05) is 46.3 Å². The van der Waals surface area contributed by atoms with Crippen LogP contribution in [0.1, 0.15) is 71.1 Å². The number of amides is 2. The molecule has 1 atom stereocenters. The molecule has 3 rings (SSSR count). The van der Waals surface area contributed by atoms with Crippen molar-refractivity contribution < 1.29 is 9.59 Å². The Morgan fingerprint density at radius 2 is 1.64 bits per heavy atom. The monoisotopic (exact) mass is 392 g/mol. The highest BCUT2D eigenvalue weighted by molar-refractivity contribution is 5.87. The number of rotatable bonds is 6. The van der Waals surface area contributed by atoms with E-state index in [1.54, 1.807) is 0 Å². The molecule has 0 aliphatic carbocycles. The number of nitrogens with zero attached hydrogens (tertiary/aromatic N) is 3. The fourth-order valence-corrected chi connectivity index (χ4v) is 5.24. The van der Waals surface area contributed by atoms with E-state index >= 15 is 0 Å². The van der Waals surface area contributed by atoms with Crippen LogP contribution in [-0.4, -0.2) is 84.4 Å². The Morgan fingerprint density at radius 1 is 0.964 bits per heavy atom. The lowest BCUT2D eigenvalue weighted by atomic mass is 9.84. The first kappa shape index (κ1) is 21.6. The average molecular weight is 393 g/mol. The minimum atomic E-state index is -0.266. The van der Waals surface area contributed by atoms with Crippen molar-refractivity contribution in [1.82, 2.24) is 20.0 Å². The van der Waals surface area contributed by atoms with Crippen LogP contribution in [0.25, 0.3) is 0 Å². The van der Waals surface area contributed by atoms with E-state index in [9.17, 15) is 9.59 Å². The van der Waals surface area contributed by atoms with Gasteiger partial charge in [0.05, 0.1) is 0 Å². The van der Waals surface area contributed by atoms with Gasteiger partial charge in [-0.2, -0.15) is 0 Å². The number of nitrogens with one attached hydrogen (secondary N) is 1. The molecule has 0 aromatic heterocycles. The van der Waals surface area contributed by atoms with Crippen LogP contribution in [0.15, 0.2) is 0 Å². The molecule has 6 heteroatoms. The predicted molar refractivity (Wildman–Crippen MR) is 112 cm³/mol. The number of carbonyl (C=O) groups excluding carboxylic acids is 2. The second kappa shape index (κ2) is 10.1. The van der Waals surface area contributed by atoms with Gasteiger partial charge in [0.25, 0.3) is 0 Å². The van der Waals surface area contributed by atoms with Crippen molar-refractivity contribution in [3.8, 4) is 0 Å². The maximum atomic E-state index is 13.1. The molecular formula is C22H40N4O2. The van der Waals surface area contributed by atoms with Crippen molar-refractivity contribution in [1.29, 1.82) is 0 Å². The summed E-state index contributed by atoms with van der Waals surface area (Å²) in [5, 5.41) is 3.31. The molecule has 6 nitrogen and oxygen atoms in total. The van der Waals surface area contributed by atoms with Gasteiger partial charge in [0.15, 0.2) is 0 Å². The number of piperidine rings is 3. The third-order valence-corrected chi connectivity index (χ3v) is 7.13. The first-order chi connectivity index (χ1) is 13.6. The Labute approximate surface area is 171 Å². The van der Waals surface area contributed by atoms with E-state index in [1.807, 2.05) is 11.8 Å². The number of hydrogen-bond donors (Lipinski definition) is 1. The molecule has 0 radical (unpaired) electrons. The van der Waals surface area contributed by atoms with E-state index in [2.05, 4.69) is 22.2 Å². The van der Waals surface area contributed by atoms with Crippen molar-refractivity contribution in [3.05, 3.63) is 0 Å². The fourth-order valence-electron chi connectivity index (χ4n) is 5.24. The highest BCUT2D eigenvalue weighted by Gasteiger charge is 2.41. The fraction of sp³-hybridized carbons (Fsp3) is 0.909. The molecule has 0 aromatic carbocycles. The van der Waals surface area contributed by atoms with Gasteiger partial charge in [0.2, 0.25) is 11.8 Å². The summed E-state index contributed by atoms with van der Waals surface area (Å²) >= 11 is 0. The molecule has 2 amide bonds. The largest absolute Gasteiger partial charge is 0.352 e. The third kappa shape index (κ3) is 5.07. The van der Waals surface area contributed by atoms with Crippen LogP contribution in [0.3, 0.4) is 0 Å². The van der Waals surface area contributed by atoms with E-state index in [0.29, 0.717) is 6.42 Å².